The van der Waals surface area contributed by atoms with E-state index in [0.717, 1.165) is 0 Å². The Morgan fingerprint density at radius 2 is 2.00 bits per heavy atom. The van der Waals surface area contributed by atoms with Crippen LogP contribution in [-0.2, 0) is 9.59 Å². The molecule has 0 saturated carbocycles. The van der Waals surface area contributed by atoms with Crippen LogP contribution in [0.4, 0.5) is 5.69 Å². The first-order valence-corrected chi connectivity index (χ1v) is 5.45. The van der Waals surface area contributed by atoms with Crippen LogP contribution in [0.3, 0.4) is 0 Å². The van der Waals surface area contributed by atoms with Crippen LogP contribution in [-0.4, -0.2) is 30.1 Å². The van der Waals surface area contributed by atoms with Gasteiger partial charge in [-0.05, 0) is 30.7 Å². The summed E-state index contributed by atoms with van der Waals surface area (Å²) in [6.07, 6.45) is -0.0193. The largest absolute Gasteiger partial charge is 0.497 e. The molecule has 0 spiro atoms. The lowest BCUT2D eigenvalue weighted by molar-refractivity contribution is -0.137. The lowest BCUT2D eigenvalue weighted by Gasteiger charge is -2.11. The van der Waals surface area contributed by atoms with Gasteiger partial charge < -0.3 is 20.9 Å². The summed E-state index contributed by atoms with van der Waals surface area (Å²) >= 11 is 0. The molecule has 6 heteroatoms. The van der Waals surface area contributed by atoms with E-state index in [1.807, 2.05) is 0 Å². The minimum absolute atomic E-state index is 0.108. The molecule has 0 radical (unpaired) electrons. The smallest absolute Gasteiger partial charge is 0.303 e. The summed E-state index contributed by atoms with van der Waals surface area (Å²) in [6.45, 7) is 0. The molecule has 0 aliphatic rings. The second-order valence-electron chi connectivity index (χ2n) is 3.76. The average Bonchev–Trinajstić information content (AvgIpc) is 2.36. The van der Waals surface area contributed by atoms with Crippen molar-refractivity contribution in [2.24, 2.45) is 5.73 Å². The van der Waals surface area contributed by atoms with Crippen LogP contribution in [0.5, 0.6) is 5.75 Å². The number of nitrogens with two attached hydrogens (primary N) is 1. The van der Waals surface area contributed by atoms with E-state index in [2.05, 4.69) is 5.32 Å². The molecular weight excluding hydrogens is 236 g/mol. The van der Waals surface area contributed by atoms with Gasteiger partial charge >= 0.3 is 5.97 Å². The van der Waals surface area contributed by atoms with Crippen LogP contribution in [0.2, 0.25) is 0 Å². The van der Waals surface area contributed by atoms with Gasteiger partial charge in [-0.2, -0.15) is 0 Å². The van der Waals surface area contributed by atoms with Crippen molar-refractivity contribution in [2.75, 3.05) is 12.4 Å². The zero-order chi connectivity index (χ0) is 13.5. The fourth-order valence-electron chi connectivity index (χ4n) is 1.32. The van der Waals surface area contributed by atoms with Gasteiger partial charge in [0.05, 0.1) is 13.2 Å². The van der Waals surface area contributed by atoms with Gasteiger partial charge in [0.2, 0.25) is 5.91 Å². The fraction of sp³-hybridized carbons (Fsp3) is 0.333. The second-order valence-corrected chi connectivity index (χ2v) is 3.76. The average molecular weight is 252 g/mol. The van der Waals surface area contributed by atoms with Crippen LogP contribution < -0.4 is 15.8 Å². The summed E-state index contributed by atoms with van der Waals surface area (Å²) < 4.78 is 4.98. The number of rotatable bonds is 6. The summed E-state index contributed by atoms with van der Waals surface area (Å²) in [5.41, 5.74) is 6.16. The molecule has 0 fully saturated rings. The topological polar surface area (TPSA) is 102 Å². The number of carbonyl (C=O) groups excluding carboxylic acids is 1. The van der Waals surface area contributed by atoms with Crippen molar-refractivity contribution in [3.05, 3.63) is 24.3 Å². The number of aliphatic carboxylic acids is 1. The number of methoxy groups -OCH3 is 1. The minimum atomic E-state index is -0.970. The zero-order valence-electron chi connectivity index (χ0n) is 10.1. The van der Waals surface area contributed by atoms with E-state index in [9.17, 15) is 9.59 Å². The molecule has 1 amide bonds. The summed E-state index contributed by atoms with van der Waals surface area (Å²) in [5.74, 6) is -0.688. The molecule has 1 atom stereocenters. The number of carboxylic acids is 1. The van der Waals surface area contributed by atoms with E-state index < -0.39 is 17.9 Å². The molecular formula is C12H16N2O4. The number of carboxylic acid groups (broad SMARTS) is 1. The maximum atomic E-state index is 11.6. The summed E-state index contributed by atoms with van der Waals surface area (Å²) in [5, 5.41) is 11.1. The molecule has 0 aliphatic heterocycles. The highest BCUT2D eigenvalue weighted by molar-refractivity contribution is 5.94. The maximum Gasteiger partial charge on any atom is 0.303 e. The lowest BCUT2D eigenvalue weighted by Crippen LogP contribution is -2.36. The van der Waals surface area contributed by atoms with Gasteiger partial charge in [0.15, 0.2) is 0 Å². The van der Waals surface area contributed by atoms with E-state index in [1.165, 1.54) is 0 Å². The quantitative estimate of drug-likeness (QED) is 0.696. The number of benzene rings is 1. The van der Waals surface area contributed by atoms with Crippen LogP contribution in [0.1, 0.15) is 12.8 Å². The Labute approximate surface area is 105 Å². The highest BCUT2D eigenvalue weighted by atomic mass is 16.5. The summed E-state index contributed by atoms with van der Waals surface area (Å²) in [6, 6.07) is 5.95. The number of hydrogen-bond acceptors (Lipinski definition) is 4. The second kappa shape index (κ2) is 6.61. The molecule has 1 unspecified atom stereocenters. The van der Waals surface area contributed by atoms with Gasteiger partial charge in [-0.25, -0.2) is 0 Å². The maximum absolute atomic E-state index is 11.6. The Balaban J connectivity index is 2.49. The molecule has 0 heterocycles. The Kier molecular flexibility index (Phi) is 5.13. The number of ether oxygens (including phenoxy) is 1. The Bertz CT molecular complexity index is 417. The predicted molar refractivity (Wildman–Crippen MR) is 66.5 cm³/mol. The standard InChI is InChI=1S/C12H16N2O4/c1-18-9-4-2-8(3-5-9)14-12(17)10(13)6-7-11(15)16/h2-5,10H,6-7,13H2,1H3,(H,14,17)(H,15,16). The lowest BCUT2D eigenvalue weighted by atomic mass is 10.1. The van der Waals surface area contributed by atoms with Crippen molar-refractivity contribution in [1.29, 1.82) is 0 Å². The van der Waals surface area contributed by atoms with Crippen molar-refractivity contribution >= 4 is 17.6 Å². The van der Waals surface area contributed by atoms with Crippen molar-refractivity contribution in [1.82, 2.24) is 0 Å². The first-order valence-electron chi connectivity index (χ1n) is 5.45. The van der Waals surface area contributed by atoms with E-state index in [4.69, 9.17) is 15.6 Å². The third-order valence-electron chi connectivity index (χ3n) is 2.36. The fourth-order valence-corrected chi connectivity index (χ4v) is 1.32. The van der Waals surface area contributed by atoms with Gasteiger partial charge in [0, 0.05) is 12.1 Å². The molecule has 0 saturated heterocycles. The van der Waals surface area contributed by atoms with E-state index in [0.29, 0.717) is 11.4 Å². The number of hydrogen-bond donors (Lipinski definition) is 3. The van der Waals surface area contributed by atoms with Crippen LogP contribution in [0.15, 0.2) is 24.3 Å². The monoisotopic (exact) mass is 252 g/mol. The molecule has 1 rings (SSSR count). The van der Waals surface area contributed by atoms with Crippen molar-refractivity contribution in [3.8, 4) is 5.75 Å². The Morgan fingerprint density at radius 3 is 2.50 bits per heavy atom. The first kappa shape index (κ1) is 14.0. The van der Waals surface area contributed by atoms with Crippen molar-refractivity contribution < 1.29 is 19.4 Å². The molecule has 0 aromatic heterocycles. The molecule has 6 nitrogen and oxygen atoms in total. The highest BCUT2D eigenvalue weighted by Gasteiger charge is 2.14. The molecule has 18 heavy (non-hydrogen) atoms. The highest BCUT2D eigenvalue weighted by Crippen LogP contribution is 2.15. The first-order chi connectivity index (χ1) is 8.52. The predicted octanol–water partition coefficient (Wildman–Crippen LogP) is 0.826. The van der Waals surface area contributed by atoms with E-state index in [1.54, 1.807) is 31.4 Å². The molecule has 1 aromatic carbocycles. The molecule has 0 bridgehead atoms. The van der Waals surface area contributed by atoms with E-state index in [-0.39, 0.29) is 12.8 Å². The van der Waals surface area contributed by atoms with Crippen molar-refractivity contribution in [2.45, 2.75) is 18.9 Å². The van der Waals surface area contributed by atoms with Crippen LogP contribution in [0, 0.1) is 0 Å². The number of amides is 1. The number of carbonyl (C=O) groups is 2. The minimum Gasteiger partial charge on any atom is -0.497 e. The summed E-state index contributed by atoms with van der Waals surface area (Å²) in [4.78, 5) is 22.0. The number of nitrogens with one attached hydrogen (secondary N) is 1. The van der Waals surface area contributed by atoms with Crippen LogP contribution >= 0.6 is 0 Å². The molecule has 4 N–H and O–H groups in total. The van der Waals surface area contributed by atoms with Gasteiger partial charge in [-0.1, -0.05) is 0 Å². The third kappa shape index (κ3) is 4.42. The van der Waals surface area contributed by atoms with Gasteiger partial charge in [-0.3, -0.25) is 9.59 Å². The normalized spacial score (nSPS) is 11.7. The molecule has 98 valence electrons. The van der Waals surface area contributed by atoms with Gasteiger partial charge in [0.25, 0.3) is 0 Å². The van der Waals surface area contributed by atoms with Crippen LogP contribution in [0.25, 0.3) is 0 Å². The molecule has 1 aromatic rings. The molecule has 0 aliphatic carbocycles. The third-order valence-corrected chi connectivity index (χ3v) is 2.36. The Morgan fingerprint density at radius 1 is 1.39 bits per heavy atom. The summed E-state index contributed by atoms with van der Waals surface area (Å²) in [7, 11) is 1.55. The zero-order valence-corrected chi connectivity index (χ0v) is 10.1. The SMILES string of the molecule is COc1ccc(NC(=O)C(N)CCC(=O)O)cc1. The number of anilines is 1. The van der Waals surface area contributed by atoms with E-state index >= 15 is 0 Å². The van der Waals surface area contributed by atoms with Gasteiger partial charge in [0.1, 0.15) is 5.75 Å². The van der Waals surface area contributed by atoms with Gasteiger partial charge in [-0.15, -0.1) is 0 Å². The van der Waals surface area contributed by atoms with Crippen molar-refractivity contribution in [3.63, 3.8) is 0 Å². The Hall–Kier alpha value is -2.08.